The second kappa shape index (κ2) is 6.44. The molecule has 0 saturated heterocycles. The third-order valence-electron chi connectivity index (χ3n) is 4.78. The summed E-state index contributed by atoms with van der Waals surface area (Å²) in [5, 5.41) is 0. The van der Waals surface area contributed by atoms with E-state index in [0.29, 0.717) is 24.4 Å². The van der Waals surface area contributed by atoms with Crippen LogP contribution in [0.2, 0.25) is 0 Å². The quantitative estimate of drug-likeness (QED) is 0.727. The summed E-state index contributed by atoms with van der Waals surface area (Å²) >= 11 is 0. The van der Waals surface area contributed by atoms with E-state index in [-0.39, 0.29) is 5.97 Å². The summed E-state index contributed by atoms with van der Waals surface area (Å²) in [7, 11) is 1.45. The van der Waals surface area contributed by atoms with Crippen LogP contribution < -0.4 is 5.73 Å². The number of nitrogens with two attached hydrogens (primary N) is 1. The molecule has 0 heterocycles. The van der Waals surface area contributed by atoms with E-state index in [1.807, 2.05) is 0 Å². The molecule has 0 radical (unpaired) electrons. The van der Waals surface area contributed by atoms with Crippen molar-refractivity contribution in [2.45, 2.75) is 64.0 Å². The molecule has 2 rings (SSSR count). The van der Waals surface area contributed by atoms with Crippen molar-refractivity contribution in [2.24, 2.45) is 17.6 Å². The van der Waals surface area contributed by atoms with Crippen LogP contribution >= 0.6 is 0 Å². The fourth-order valence-corrected chi connectivity index (χ4v) is 3.57. The van der Waals surface area contributed by atoms with Crippen LogP contribution in [0, 0.1) is 11.8 Å². The Morgan fingerprint density at radius 2 is 1.90 bits per heavy atom. The van der Waals surface area contributed by atoms with Crippen molar-refractivity contribution in [3.8, 4) is 0 Å². The van der Waals surface area contributed by atoms with Crippen molar-refractivity contribution < 1.29 is 9.53 Å². The third kappa shape index (κ3) is 3.53. The zero-order valence-corrected chi connectivity index (χ0v) is 13.2. The van der Waals surface area contributed by atoms with Gasteiger partial charge in [0, 0.05) is 19.1 Å². The second-order valence-electron chi connectivity index (χ2n) is 7.07. The maximum absolute atomic E-state index is 12.2. The molecule has 2 N–H and O–H groups in total. The highest BCUT2D eigenvalue weighted by molar-refractivity contribution is 5.81. The molecule has 4 heteroatoms. The summed E-state index contributed by atoms with van der Waals surface area (Å²) < 4.78 is 4.99. The molecule has 20 heavy (non-hydrogen) atoms. The number of hydrogen-bond acceptors (Lipinski definition) is 4. The molecule has 4 nitrogen and oxygen atoms in total. The Hall–Kier alpha value is -0.610. The lowest BCUT2D eigenvalue weighted by atomic mass is 9.92. The lowest BCUT2D eigenvalue weighted by Crippen LogP contribution is -2.60. The minimum Gasteiger partial charge on any atom is -0.468 e. The molecule has 1 unspecified atom stereocenters. The minimum absolute atomic E-state index is 0.230. The van der Waals surface area contributed by atoms with Crippen LogP contribution in [-0.2, 0) is 9.53 Å². The molecule has 1 atom stereocenters. The van der Waals surface area contributed by atoms with Gasteiger partial charge in [-0.25, -0.2) is 0 Å². The van der Waals surface area contributed by atoms with E-state index in [0.717, 1.165) is 19.4 Å². The largest absolute Gasteiger partial charge is 0.468 e. The van der Waals surface area contributed by atoms with E-state index in [9.17, 15) is 4.79 Å². The van der Waals surface area contributed by atoms with Gasteiger partial charge >= 0.3 is 5.97 Å². The van der Waals surface area contributed by atoms with Crippen molar-refractivity contribution >= 4 is 5.97 Å². The Labute approximate surface area is 123 Å². The highest BCUT2D eigenvalue weighted by Gasteiger charge is 2.50. The molecule has 0 aromatic heterocycles. The van der Waals surface area contributed by atoms with Crippen molar-refractivity contribution in [1.82, 2.24) is 4.90 Å². The first kappa shape index (κ1) is 15.8. The van der Waals surface area contributed by atoms with E-state index in [1.165, 1.54) is 32.8 Å². The normalized spacial score (nSPS) is 23.3. The summed E-state index contributed by atoms with van der Waals surface area (Å²) in [6.07, 6.45) is 7.22. The summed E-state index contributed by atoms with van der Waals surface area (Å²) in [5.41, 5.74) is 5.69. The molecule has 2 aliphatic carbocycles. The van der Waals surface area contributed by atoms with Crippen LogP contribution in [0.4, 0.5) is 0 Å². The lowest BCUT2D eigenvalue weighted by molar-refractivity contribution is -0.149. The van der Waals surface area contributed by atoms with Gasteiger partial charge in [-0.2, -0.15) is 0 Å². The van der Waals surface area contributed by atoms with Gasteiger partial charge in [0.15, 0.2) is 0 Å². The molecule has 0 aliphatic heterocycles. The number of rotatable bonds is 7. The molecule has 2 fully saturated rings. The van der Waals surface area contributed by atoms with Crippen molar-refractivity contribution in [3.05, 3.63) is 0 Å². The number of nitrogens with zero attached hydrogens (tertiary/aromatic N) is 1. The first-order valence-electron chi connectivity index (χ1n) is 8.08. The zero-order valence-electron chi connectivity index (χ0n) is 13.2. The SMILES string of the molecule is COC(=O)C(N)(CN(CC(C)C)C1CCCC1)C1CC1. The first-order chi connectivity index (χ1) is 9.47. The number of carbonyl (C=O) groups is 1. The standard InChI is InChI=1S/C16H30N2O2/c1-12(2)10-18(14-6-4-5-7-14)11-16(17,13-8-9-13)15(19)20-3/h12-14H,4-11,17H2,1-3H3. The molecular formula is C16H30N2O2. The predicted molar refractivity (Wildman–Crippen MR) is 80.3 cm³/mol. The Morgan fingerprint density at radius 1 is 1.30 bits per heavy atom. The van der Waals surface area contributed by atoms with Crippen LogP contribution in [0.3, 0.4) is 0 Å². The van der Waals surface area contributed by atoms with Gasteiger partial charge in [-0.15, -0.1) is 0 Å². The maximum atomic E-state index is 12.2. The van der Waals surface area contributed by atoms with Gasteiger partial charge in [0.05, 0.1) is 7.11 Å². The van der Waals surface area contributed by atoms with E-state index in [2.05, 4.69) is 18.7 Å². The summed E-state index contributed by atoms with van der Waals surface area (Å²) in [4.78, 5) is 14.6. The number of esters is 1. The number of methoxy groups -OCH3 is 1. The van der Waals surface area contributed by atoms with Crippen LogP contribution in [-0.4, -0.2) is 42.6 Å². The summed E-state index contributed by atoms with van der Waals surface area (Å²) in [5.74, 6) is 0.675. The van der Waals surface area contributed by atoms with Gasteiger partial charge < -0.3 is 10.5 Å². The summed E-state index contributed by atoms with van der Waals surface area (Å²) in [6.45, 7) is 6.14. The Morgan fingerprint density at radius 3 is 2.35 bits per heavy atom. The molecule has 0 bridgehead atoms. The molecule has 116 valence electrons. The van der Waals surface area contributed by atoms with E-state index in [4.69, 9.17) is 10.5 Å². The average Bonchev–Trinajstić information content (AvgIpc) is 3.12. The fraction of sp³-hybridized carbons (Fsp3) is 0.938. The van der Waals surface area contributed by atoms with Crippen LogP contribution in [0.25, 0.3) is 0 Å². The average molecular weight is 282 g/mol. The van der Waals surface area contributed by atoms with Gasteiger partial charge in [-0.05, 0) is 37.5 Å². The monoisotopic (exact) mass is 282 g/mol. The van der Waals surface area contributed by atoms with Crippen LogP contribution in [0.5, 0.6) is 0 Å². The van der Waals surface area contributed by atoms with Gasteiger partial charge in [0.1, 0.15) is 5.54 Å². The molecule has 2 aliphatic rings. The van der Waals surface area contributed by atoms with E-state index >= 15 is 0 Å². The van der Waals surface area contributed by atoms with Crippen LogP contribution in [0.1, 0.15) is 52.4 Å². The Bertz CT molecular complexity index is 335. The fourth-order valence-electron chi connectivity index (χ4n) is 3.57. The molecular weight excluding hydrogens is 252 g/mol. The Balaban J connectivity index is 2.09. The van der Waals surface area contributed by atoms with Gasteiger partial charge in [0.2, 0.25) is 0 Å². The summed E-state index contributed by atoms with van der Waals surface area (Å²) in [6, 6.07) is 0.601. The topological polar surface area (TPSA) is 55.6 Å². The highest BCUT2D eigenvalue weighted by atomic mass is 16.5. The van der Waals surface area contributed by atoms with Crippen molar-refractivity contribution in [2.75, 3.05) is 20.2 Å². The minimum atomic E-state index is -0.799. The van der Waals surface area contributed by atoms with Crippen molar-refractivity contribution in [3.63, 3.8) is 0 Å². The molecule has 0 spiro atoms. The number of carbonyl (C=O) groups excluding carboxylic acids is 1. The van der Waals surface area contributed by atoms with Gasteiger partial charge in [0.25, 0.3) is 0 Å². The first-order valence-corrected chi connectivity index (χ1v) is 8.08. The number of ether oxygens (including phenoxy) is 1. The van der Waals surface area contributed by atoms with E-state index in [1.54, 1.807) is 0 Å². The smallest absolute Gasteiger partial charge is 0.327 e. The predicted octanol–water partition coefficient (Wildman–Crippen LogP) is 2.17. The second-order valence-corrected chi connectivity index (χ2v) is 7.07. The highest BCUT2D eigenvalue weighted by Crippen LogP contribution is 2.40. The molecule has 0 amide bonds. The third-order valence-corrected chi connectivity index (χ3v) is 4.78. The molecule has 0 aromatic carbocycles. The molecule has 0 aromatic rings. The maximum Gasteiger partial charge on any atom is 0.327 e. The van der Waals surface area contributed by atoms with Crippen molar-refractivity contribution in [1.29, 1.82) is 0 Å². The van der Waals surface area contributed by atoms with Gasteiger partial charge in [-0.1, -0.05) is 26.7 Å². The lowest BCUT2D eigenvalue weighted by Gasteiger charge is -2.37. The Kier molecular flexibility index (Phi) is 5.08. The number of hydrogen-bond donors (Lipinski definition) is 1. The van der Waals surface area contributed by atoms with Gasteiger partial charge in [-0.3, -0.25) is 9.69 Å². The van der Waals surface area contributed by atoms with E-state index < -0.39 is 5.54 Å². The molecule has 2 saturated carbocycles. The van der Waals surface area contributed by atoms with Crippen LogP contribution in [0.15, 0.2) is 0 Å². The zero-order chi connectivity index (χ0) is 14.8.